The third-order valence-electron chi connectivity index (χ3n) is 5.93. The number of rotatable bonds is 4. The predicted molar refractivity (Wildman–Crippen MR) is 128 cm³/mol. The number of benzene rings is 2. The summed E-state index contributed by atoms with van der Waals surface area (Å²) in [5, 5.41) is 10.3. The fourth-order valence-corrected chi connectivity index (χ4v) is 4.80. The standard InChI is InChI=1S/C23H25Cl3N4O/c1-23(16-6-8-17(24)9-7-16)15-20(22(31)28-29-12-4-2-3-5-13-29)27-30(23)21-11-10-18(25)14-19(21)26/h6-11,14H,2-5,12-13,15H2,1H3,(H,28,31). The molecular weight excluding hydrogens is 455 g/mol. The molecule has 2 aliphatic heterocycles. The highest BCUT2D eigenvalue weighted by Gasteiger charge is 2.43. The first kappa shape index (κ1) is 22.4. The molecule has 0 radical (unpaired) electrons. The second-order valence-corrected chi connectivity index (χ2v) is 9.53. The Morgan fingerprint density at radius 1 is 0.968 bits per heavy atom. The molecule has 2 aliphatic rings. The van der Waals surface area contributed by atoms with Crippen LogP contribution in [-0.2, 0) is 10.3 Å². The summed E-state index contributed by atoms with van der Waals surface area (Å²) in [6.45, 7) is 3.78. The largest absolute Gasteiger partial charge is 0.284 e. The van der Waals surface area contributed by atoms with E-state index in [0.717, 1.165) is 31.5 Å². The van der Waals surface area contributed by atoms with Crippen LogP contribution in [0.3, 0.4) is 0 Å². The van der Waals surface area contributed by atoms with Crippen molar-refractivity contribution in [3.63, 3.8) is 0 Å². The van der Waals surface area contributed by atoms with E-state index in [2.05, 4.69) is 12.3 Å². The summed E-state index contributed by atoms with van der Waals surface area (Å²) in [6.07, 6.45) is 5.01. The Balaban J connectivity index is 1.67. The number of hydrogen-bond acceptors (Lipinski definition) is 4. The summed E-state index contributed by atoms with van der Waals surface area (Å²) in [6, 6.07) is 12.9. The van der Waals surface area contributed by atoms with Crippen LogP contribution >= 0.6 is 34.8 Å². The average Bonchev–Trinajstić information content (AvgIpc) is 2.91. The van der Waals surface area contributed by atoms with Gasteiger partial charge in [-0.05, 0) is 55.7 Å². The van der Waals surface area contributed by atoms with Crippen molar-refractivity contribution < 1.29 is 4.79 Å². The fraction of sp³-hybridized carbons (Fsp3) is 0.391. The van der Waals surface area contributed by atoms with Crippen LogP contribution in [-0.4, -0.2) is 29.7 Å². The average molecular weight is 480 g/mol. The van der Waals surface area contributed by atoms with Gasteiger partial charge in [-0.15, -0.1) is 0 Å². The van der Waals surface area contributed by atoms with Gasteiger partial charge in [-0.25, -0.2) is 5.01 Å². The first-order valence-corrected chi connectivity index (χ1v) is 11.6. The van der Waals surface area contributed by atoms with Crippen LogP contribution in [0.1, 0.15) is 44.6 Å². The van der Waals surface area contributed by atoms with Gasteiger partial charge in [-0.2, -0.15) is 5.10 Å². The van der Waals surface area contributed by atoms with Crippen LogP contribution in [0.2, 0.25) is 15.1 Å². The molecule has 1 saturated heterocycles. The number of hydrazine groups is 1. The quantitative estimate of drug-likeness (QED) is 0.582. The summed E-state index contributed by atoms with van der Waals surface area (Å²) in [4.78, 5) is 13.1. The number of nitrogens with one attached hydrogen (secondary N) is 1. The Bertz CT molecular complexity index is 987. The Hall–Kier alpha value is -1.79. The maximum absolute atomic E-state index is 13.1. The number of hydrogen-bond donors (Lipinski definition) is 1. The highest BCUT2D eigenvalue weighted by atomic mass is 35.5. The molecule has 1 N–H and O–H groups in total. The van der Waals surface area contributed by atoms with Gasteiger partial charge in [0.15, 0.2) is 0 Å². The molecule has 0 aliphatic carbocycles. The number of nitrogens with zero attached hydrogens (tertiary/aromatic N) is 3. The van der Waals surface area contributed by atoms with Gasteiger partial charge in [0, 0.05) is 29.6 Å². The summed E-state index contributed by atoms with van der Waals surface area (Å²) >= 11 is 18.7. The zero-order chi connectivity index (χ0) is 22.0. The first-order valence-electron chi connectivity index (χ1n) is 10.5. The van der Waals surface area contributed by atoms with Crippen molar-refractivity contribution in [1.29, 1.82) is 0 Å². The summed E-state index contributed by atoms with van der Waals surface area (Å²) in [5.74, 6) is -0.172. The van der Waals surface area contributed by atoms with E-state index in [0.29, 0.717) is 32.9 Å². The number of halogens is 3. The molecule has 2 aromatic rings. The second-order valence-electron chi connectivity index (χ2n) is 8.25. The molecule has 0 aromatic heterocycles. The lowest BCUT2D eigenvalue weighted by molar-refractivity contribution is -0.119. The lowest BCUT2D eigenvalue weighted by Crippen LogP contribution is -2.46. The van der Waals surface area contributed by atoms with Gasteiger partial charge >= 0.3 is 0 Å². The monoisotopic (exact) mass is 478 g/mol. The lowest BCUT2D eigenvalue weighted by Gasteiger charge is -2.35. The highest BCUT2D eigenvalue weighted by molar-refractivity contribution is 6.40. The van der Waals surface area contributed by atoms with Crippen LogP contribution in [0, 0.1) is 0 Å². The van der Waals surface area contributed by atoms with Crippen LogP contribution in [0.4, 0.5) is 5.69 Å². The van der Waals surface area contributed by atoms with Crippen molar-refractivity contribution in [3.05, 3.63) is 63.1 Å². The molecule has 5 nitrogen and oxygen atoms in total. The fourth-order valence-electron chi connectivity index (χ4n) is 4.19. The predicted octanol–water partition coefficient (Wildman–Crippen LogP) is 6.04. The first-order chi connectivity index (χ1) is 14.9. The van der Waals surface area contributed by atoms with E-state index in [4.69, 9.17) is 39.9 Å². The van der Waals surface area contributed by atoms with E-state index in [1.807, 2.05) is 40.3 Å². The van der Waals surface area contributed by atoms with Crippen LogP contribution in [0.25, 0.3) is 0 Å². The molecule has 31 heavy (non-hydrogen) atoms. The number of anilines is 1. The molecule has 8 heteroatoms. The van der Waals surface area contributed by atoms with E-state index in [9.17, 15) is 4.79 Å². The van der Waals surface area contributed by atoms with Gasteiger partial charge in [0.2, 0.25) is 0 Å². The van der Waals surface area contributed by atoms with Gasteiger partial charge in [-0.3, -0.25) is 15.2 Å². The number of carbonyl (C=O) groups is 1. The zero-order valence-electron chi connectivity index (χ0n) is 17.4. The van der Waals surface area contributed by atoms with Gasteiger partial charge in [0.05, 0.1) is 16.2 Å². The van der Waals surface area contributed by atoms with Crippen molar-refractivity contribution in [2.45, 2.75) is 44.6 Å². The van der Waals surface area contributed by atoms with Gasteiger partial charge in [-0.1, -0.05) is 59.8 Å². The highest BCUT2D eigenvalue weighted by Crippen LogP contribution is 2.44. The Morgan fingerprint density at radius 3 is 2.26 bits per heavy atom. The van der Waals surface area contributed by atoms with Gasteiger partial charge < -0.3 is 0 Å². The van der Waals surface area contributed by atoms with Crippen LogP contribution < -0.4 is 10.4 Å². The van der Waals surface area contributed by atoms with Crippen molar-refractivity contribution >= 4 is 52.1 Å². The van der Waals surface area contributed by atoms with Crippen molar-refractivity contribution in [2.75, 3.05) is 18.1 Å². The summed E-state index contributed by atoms with van der Waals surface area (Å²) < 4.78 is 0. The second kappa shape index (κ2) is 9.37. The molecule has 1 atom stereocenters. The van der Waals surface area contributed by atoms with Crippen LogP contribution in [0.5, 0.6) is 0 Å². The third kappa shape index (κ3) is 4.85. The SMILES string of the molecule is CC1(c2ccc(Cl)cc2)CC(C(=O)NN2CCCCCC2)=NN1c1ccc(Cl)cc1Cl. The zero-order valence-corrected chi connectivity index (χ0v) is 19.6. The number of carbonyl (C=O) groups excluding carboxylic acids is 1. The van der Waals surface area contributed by atoms with E-state index < -0.39 is 5.54 Å². The molecule has 2 heterocycles. The summed E-state index contributed by atoms with van der Waals surface area (Å²) in [7, 11) is 0. The maximum atomic E-state index is 13.1. The Kier molecular flexibility index (Phi) is 6.77. The molecule has 0 bridgehead atoms. The molecule has 2 aromatic carbocycles. The van der Waals surface area contributed by atoms with Gasteiger partial charge in [0.25, 0.3) is 5.91 Å². The van der Waals surface area contributed by atoms with E-state index in [1.165, 1.54) is 12.8 Å². The van der Waals surface area contributed by atoms with E-state index in [-0.39, 0.29) is 5.91 Å². The molecule has 1 amide bonds. The Morgan fingerprint density at radius 2 is 1.61 bits per heavy atom. The Labute approximate surface area is 197 Å². The number of hydrazone groups is 1. The minimum atomic E-state index is -0.604. The maximum Gasteiger partial charge on any atom is 0.281 e. The van der Waals surface area contributed by atoms with Crippen LogP contribution in [0.15, 0.2) is 47.6 Å². The van der Waals surface area contributed by atoms with Crippen molar-refractivity contribution in [3.8, 4) is 0 Å². The number of amides is 1. The molecule has 1 fully saturated rings. The smallest absolute Gasteiger partial charge is 0.281 e. The third-order valence-corrected chi connectivity index (χ3v) is 6.72. The normalized spacial score (nSPS) is 22.2. The van der Waals surface area contributed by atoms with E-state index in [1.54, 1.807) is 12.1 Å². The molecule has 0 spiro atoms. The van der Waals surface area contributed by atoms with Gasteiger partial charge in [0.1, 0.15) is 5.71 Å². The molecular formula is C23H25Cl3N4O. The van der Waals surface area contributed by atoms with E-state index >= 15 is 0 Å². The lowest BCUT2D eigenvalue weighted by atomic mass is 9.86. The van der Waals surface area contributed by atoms with Crippen molar-refractivity contribution in [2.24, 2.45) is 5.10 Å². The molecule has 0 saturated carbocycles. The summed E-state index contributed by atoms with van der Waals surface area (Å²) in [5.41, 5.74) is 4.60. The molecule has 164 valence electrons. The van der Waals surface area contributed by atoms with Crippen molar-refractivity contribution in [1.82, 2.24) is 10.4 Å². The topological polar surface area (TPSA) is 47.9 Å². The minimum absolute atomic E-state index is 0.172. The minimum Gasteiger partial charge on any atom is -0.284 e. The molecule has 1 unspecified atom stereocenters. The molecule has 4 rings (SSSR count).